The van der Waals surface area contributed by atoms with Crippen LogP contribution in [0.25, 0.3) is 0 Å². The Morgan fingerprint density at radius 1 is 1.17 bits per heavy atom. The molecule has 2 unspecified atom stereocenters. The van der Waals surface area contributed by atoms with Gasteiger partial charge in [0.2, 0.25) is 0 Å². The number of fused-ring (bicyclic) bond motifs is 2. The van der Waals surface area contributed by atoms with Crippen LogP contribution in [0.4, 0.5) is 9.18 Å². The Kier molecular flexibility index (Phi) is 5.13. The van der Waals surface area contributed by atoms with Crippen LogP contribution < -0.4 is 10.6 Å². The van der Waals surface area contributed by atoms with Crippen molar-refractivity contribution < 1.29 is 9.18 Å². The molecule has 2 atom stereocenters. The second-order valence-corrected chi connectivity index (χ2v) is 8.87. The highest BCUT2D eigenvalue weighted by molar-refractivity contribution is 5.91. The van der Waals surface area contributed by atoms with Crippen LogP contribution in [-0.2, 0) is 6.42 Å². The quantitative estimate of drug-likeness (QED) is 0.779. The summed E-state index contributed by atoms with van der Waals surface area (Å²) in [6, 6.07) is 6.75. The minimum Gasteiger partial charge on any atom is -0.365 e. The van der Waals surface area contributed by atoms with Gasteiger partial charge in [-0.25, -0.2) is 14.2 Å². The van der Waals surface area contributed by atoms with Gasteiger partial charge in [0.15, 0.2) is 6.17 Å². The molecular weight excluding hydrogens is 381 g/mol. The summed E-state index contributed by atoms with van der Waals surface area (Å²) in [7, 11) is 0. The Labute approximate surface area is 177 Å². The Morgan fingerprint density at radius 2 is 1.93 bits per heavy atom. The number of nitrogens with zero attached hydrogens (tertiary/aromatic N) is 3. The van der Waals surface area contributed by atoms with Crippen molar-refractivity contribution in [2.45, 2.75) is 64.1 Å². The van der Waals surface area contributed by atoms with Gasteiger partial charge in [0, 0.05) is 25.0 Å². The maximum Gasteiger partial charge on any atom is 0.327 e. The first-order valence-corrected chi connectivity index (χ1v) is 11.3. The number of carbonyl (C=O) groups excluding carboxylic acids is 1. The van der Waals surface area contributed by atoms with E-state index in [2.05, 4.69) is 17.6 Å². The lowest BCUT2D eigenvalue weighted by Crippen LogP contribution is -2.53. The highest BCUT2D eigenvalue weighted by atomic mass is 19.1. The van der Waals surface area contributed by atoms with Crippen LogP contribution in [0, 0.1) is 11.7 Å². The van der Waals surface area contributed by atoms with Gasteiger partial charge < -0.3 is 10.6 Å². The first kappa shape index (κ1) is 19.4. The van der Waals surface area contributed by atoms with Crippen LogP contribution in [-0.4, -0.2) is 47.0 Å². The normalized spacial score (nSPS) is 26.3. The summed E-state index contributed by atoms with van der Waals surface area (Å²) >= 11 is 0. The Hall–Kier alpha value is -2.57. The molecule has 2 N–H and O–H groups in total. The van der Waals surface area contributed by atoms with Gasteiger partial charge in [-0.2, -0.15) is 0 Å². The SMILES string of the molecule is CCCN1C(=O)N2CC(Cc3ccc(F)cc3)NC2=C2NC(C3CCCCC3)=NC21. The first-order chi connectivity index (χ1) is 14.6. The van der Waals surface area contributed by atoms with Crippen molar-refractivity contribution in [3.05, 3.63) is 47.2 Å². The zero-order valence-corrected chi connectivity index (χ0v) is 17.5. The number of hydrogen-bond acceptors (Lipinski definition) is 4. The number of hydrogen-bond donors (Lipinski definition) is 2. The summed E-state index contributed by atoms with van der Waals surface area (Å²) in [6.07, 6.45) is 7.57. The number of amides is 2. The van der Waals surface area contributed by atoms with E-state index in [9.17, 15) is 9.18 Å². The van der Waals surface area contributed by atoms with Crippen molar-refractivity contribution in [3.63, 3.8) is 0 Å². The van der Waals surface area contributed by atoms with Gasteiger partial charge in [-0.3, -0.25) is 9.80 Å². The van der Waals surface area contributed by atoms with Crippen molar-refractivity contribution in [1.29, 1.82) is 0 Å². The molecule has 1 aliphatic carbocycles. The lowest BCUT2D eigenvalue weighted by molar-refractivity contribution is 0.146. The zero-order valence-electron chi connectivity index (χ0n) is 17.5. The van der Waals surface area contributed by atoms with Gasteiger partial charge in [0.25, 0.3) is 0 Å². The average Bonchev–Trinajstić information content (AvgIpc) is 3.38. The van der Waals surface area contributed by atoms with Gasteiger partial charge in [0.05, 0.1) is 0 Å². The minimum absolute atomic E-state index is 0.0325. The van der Waals surface area contributed by atoms with Gasteiger partial charge in [0.1, 0.15) is 23.2 Å². The molecule has 160 valence electrons. The molecule has 6 nitrogen and oxygen atoms in total. The van der Waals surface area contributed by atoms with Gasteiger partial charge >= 0.3 is 6.03 Å². The standard InChI is InChI=1S/C23H30FN5O/c1-2-12-28-22-19(26-20(27-22)16-6-4-3-5-7-16)21-25-18(14-29(21)23(28)30)13-15-8-10-17(24)11-9-15/h8-11,16,18,22,25H,2-7,12-14H2,1H3,(H,26,27). The molecule has 3 aliphatic heterocycles. The topological polar surface area (TPSA) is 60.0 Å². The van der Waals surface area contributed by atoms with E-state index in [1.165, 1.54) is 44.2 Å². The summed E-state index contributed by atoms with van der Waals surface area (Å²) in [6.45, 7) is 3.41. The molecule has 1 saturated heterocycles. The number of amidine groups is 1. The molecule has 0 bridgehead atoms. The van der Waals surface area contributed by atoms with Crippen molar-refractivity contribution >= 4 is 11.9 Å². The molecule has 0 radical (unpaired) electrons. The monoisotopic (exact) mass is 411 g/mol. The number of carbonyl (C=O) groups is 1. The fraction of sp³-hybridized carbons (Fsp3) is 0.565. The smallest absolute Gasteiger partial charge is 0.327 e. The lowest BCUT2D eigenvalue weighted by Gasteiger charge is -2.36. The zero-order chi connectivity index (χ0) is 20.7. The van der Waals surface area contributed by atoms with E-state index >= 15 is 0 Å². The molecule has 0 aromatic heterocycles. The fourth-order valence-corrected chi connectivity index (χ4v) is 5.19. The molecule has 4 aliphatic rings. The number of benzene rings is 1. The van der Waals surface area contributed by atoms with E-state index in [1.807, 2.05) is 21.9 Å². The molecule has 0 spiro atoms. The maximum atomic E-state index is 13.3. The molecular formula is C23H30FN5O. The average molecular weight is 412 g/mol. The predicted octanol–water partition coefficient (Wildman–Crippen LogP) is 3.56. The van der Waals surface area contributed by atoms with Crippen molar-refractivity contribution in [3.8, 4) is 0 Å². The maximum absolute atomic E-state index is 13.3. The molecule has 5 rings (SSSR count). The van der Waals surface area contributed by atoms with Crippen LogP contribution in [0.1, 0.15) is 51.0 Å². The Morgan fingerprint density at radius 3 is 2.67 bits per heavy atom. The van der Waals surface area contributed by atoms with E-state index < -0.39 is 0 Å². The molecule has 1 aromatic carbocycles. The molecule has 1 aromatic rings. The number of nitrogens with one attached hydrogen (secondary N) is 2. The van der Waals surface area contributed by atoms with Crippen LogP contribution in [0.3, 0.4) is 0 Å². The third kappa shape index (κ3) is 3.44. The summed E-state index contributed by atoms with van der Waals surface area (Å²) in [5.41, 5.74) is 2.08. The van der Waals surface area contributed by atoms with Crippen molar-refractivity contribution in [2.24, 2.45) is 10.9 Å². The predicted molar refractivity (Wildman–Crippen MR) is 114 cm³/mol. The summed E-state index contributed by atoms with van der Waals surface area (Å²) in [5, 5.41) is 7.19. The van der Waals surface area contributed by atoms with Crippen molar-refractivity contribution in [1.82, 2.24) is 20.4 Å². The molecule has 2 fully saturated rings. The highest BCUT2D eigenvalue weighted by Crippen LogP contribution is 2.34. The van der Waals surface area contributed by atoms with Crippen LogP contribution in [0.2, 0.25) is 0 Å². The van der Waals surface area contributed by atoms with E-state index in [4.69, 9.17) is 4.99 Å². The molecule has 30 heavy (non-hydrogen) atoms. The van der Waals surface area contributed by atoms with Gasteiger partial charge in [-0.1, -0.05) is 38.3 Å². The Balaban J connectivity index is 1.40. The summed E-state index contributed by atoms with van der Waals surface area (Å²) < 4.78 is 13.2. The highest BCUT2D eigenvalue weighted by Gasteiger charge is 2.47. The van der Waals surface area contributed by atoms with E-state index in [-0.39, 0.29) is 24.1 Å². The van der Waals surface area contributed by atoms with Crippen LogP contribution >= 0.6 is 0 Å². The molecule has 7 heteroatoms. The summed E-state index contributed by atoms with van der Waals surface area (Å²) in [5.74, 6) is 2.18. The second-order valence-electron chi connectivity index (χ2n) is 8.87. The molecule has 3 heterocycles. The first-order valence-electron chi connectivity index (χ1n) is 11.3. The van der Waals surface area contributed by atoms with E-state index in [0.717, 1.165) is 35.8 Å². The lowest BCUT2D eigenvalue weighted by atomic mass is 9.88. The molecule has 2 amide bonds. The van der Waals surface area contributed by atoms with E-state index in [1.54, 1.807) is 0 Å². The number of aliphatic imine (C=N–C) groups is 1. The van der Waals surface area contributed by atoms with Crippen LogP contribution in [0.15, 0.2) is 40.8 Å². The van der Waals surface area contributed by atoms with Crippen LogP contribution in [0.5, 0.6) is 0 Å². The van der Waals surface area contributed by atoms with Crippen molar-refractivity contribution in [2.75, 3.05) is 13.1 Å². The third-order valence-corrected chi connectivity index (χ3v) is 6.67. The number of urea groups is 1. The second kappa shape index (κ2) is 7.93. The summed E-state index contributed by atoms with van der Waals surface area (Å²) in [4.78, 5) is 22.1. The number of halogens is 1. The fourth-order valence-electron chi connectivity index (χ4n) is 5.19. The van der Waals surface area contributed by atoms with Gasteiger partial charge in [-0.15, -0.1) is 0 Å². The largest absolute Gasteiger partial charge is 0.365 e. The number of rotatable bonds is 5. The van der Waals surface area contributed by atoms with E-state index in [0.29, 0.717) is 19.0 Å². The Bertz CT molecular complexity index is 874. The minimum atomic E-state index is -0.238. The third-order valence-electron chi connectivity index (χ3n) is 6.67. The van der Waals surface area contributed by atoms with Gasteiger partial charge in [-0.05, 0) is 43.4 Å². The molecule has 1 saturated carbocycles.